The maximum absolute atomic E-state index is 12.2. The molecule has 10 nitrogen and oxygen atoms in total. The molecule has 0 aromatic heterocycles. The van der Waals surface area contributed by atoms with E-state index in [0.29, 0.717) is 24.5 Å². The van der Waals surface area contributed by atoms with Gasteiger partial charge in [0.05, 0.1) is 36.8 Å². The first-order chi connectivity index (χ1) is 15.4. The summed E-state index contributed by atoms with van der Waals surface area (Å²) in [6.07, 6.45) is 0.0908. The van der Waals surface area contributed by atoms with E-state index in [2.05, 4.69) is 16.2 Å². The average Bonchev–Trinajstić information content (AvgIpc) is 3.23. The molecule has 5 atom stereocenters. The Labute approximate surface area is 185 Å². The summed E-state index contributed by atoms with van der Waals surface area (Å²) >= 11 is 0. The van der Waals surface area contributed by atoms with E-state index >= 15 is 0 Å². The highest BCUT2D eigenvalue weighted by Gasteiger charge is 2.49. The van der Waals surface area contributed by atoms with Crippen LogP contribution in [-0.2, 0) is 4.79 Å². The second-order valence-corrected chi connectivity index (χ2v) is 7.91. The molecule has 4 rings (SSSR count). The topological polar surface area (TPSA) is 135 Å². The molecule has 0 saturated carbocycles. The van der Waals surface area contributed by atoms with E-state index < -0.39 is 16.8 Å². The number of non-ortho nitro benzene ring substituents is 1. The number of carbonyl (C=O) groups is 1. The SMILES string of the molecule is CCOc1ccc(C2CC(C(=O)O)C3C(NNC3c3ccc([N+](=O)[O-])cc3)N2)cc1OC. The van der Waals surface area contributed by atoms with Gasteiger partial charge in [0, 0.05) is 24.1 Å². The fourth-order valence-electron chi connectivity index (χ4n) is 4.66. The lowest BCUT2D eigenvalue weighted by Crippen LogP contribution is -2.53. The average molecular weight is 442 g/mol. The molecule has 0 amide bonds. The normalized spacial score (nSPS) is 26.9. The van der Waals surface area contributed by atoms with Crippen LogP contribution in [0.4, 0.5) is 5.69 Å². The maximum atomic E-state index is 12.2. The summed E-state index contributed by atoms with van der Waals surface area (Å²) in [5.74, 6) is -0.550. The second kappa shape index (κ2) is 9.11. The number of nitro groups is 1. The summed E-state index contributed by atoms with van der Waals surface area (Å²) in [5, 5.41) is 24.5. The van der Waals surface area contributed by atoms with E-state index in [9.17, 15) is 20.0 Å². The first-order valence-electron chi connectivity index (χ1n) is 10.5. The number of nitrogens with one attached hydrogen (secondary N) is 3. The summed E-state index contributed by atoms with van der Waals surface area (Å²) in [4.78, 5) is 22.7. The number of carboxylic acid groups (broad SMARTS) is 1. The molecule has 4 N–H and O–H groups in total. The zero-order valence-corrected chi connectivity index (χ0v) is 17.8. The van der Waals surface area contributed by atoms with Gasteiger partial charge in [-0.15, -0.1) is 0 Å². The number of methoxy groups -OCH3 is 1. The lowest BCUT2D eigenvalue weighted by molar-refractivity contribution is -0.384. The Hall–Kier alpha value is -3.21. The van der Waals surface area contributed by atoms with E-state index in [1.54, 1.807) is 19.2 Å². The predicted octanol–water partition coefficient (Wildman–Crippen LogP) is 2.53. The minimum atomic E-state index is -0.873. The van der Waals surface area contributed by atoms with Crippen LogP contribution in [0.25, 0.3) is 0 Å². The van der Waals surface area contributed by atoms with Gasteiger partial charge in [0.15, 0.2) is 11.5 Å². The van der Waals surface area contributed by atoms with Gasteiger partial charge in [-0.2, -0.15) is 0 Å². The van der Waals surface area contributed by atoms with Crippen molar-refractivity contribution in [2.75, 3.05) is 13.7 Å². The molecule has 0 radical (unpaired) electrons. The Bertz CT molecular complexity index is 998. The van der Waals surface area contributed by atoms with Gasteiger partial charge in [-0.1, -0.05) is 18.2 Å². The molecule has 32 heavy (non-hydrogen) atoms. The first kappa shape index (κ1) is 22.0. The van der Waals surface area contributed by atoms with Crippen LogP contribution < -0.4 is 25.6 Å². The third-order valence-corrected chi connectivity index (χ3v) is 6.17. The molecule has 2 heterocycles. The molecule has 2 aromatic rings. The van der Waals surface area contributed by atoms with Crippen LogP contribution in [0.5, 0.6) is 11.5 Å². The molecule has 10 heteroatoms. The largest absolute Gasteiger partial charge is 0.493 e. The number of fused-ring (bicyclic) bond motifs is 1. The van der Waals surface area contributed by atoms with E-state index in [-0.39, 0.29) is 29.9 Å². The Balaban J connectivity index is 1.59. The molecule has 5 unspecified atom stereocenters. The highest BCUT2D eigenvalue weighted by molar-refractivity contribution is 5.71. The van der Waals surface area contributed by atoms with Crippen LogP contribution in [0.3, 0.4) is 0 Å². The van der Waals surface area contributed by atoms with Gasteiger partial charge in [-0.25, -0.2) is 10.9 Å². The monoisotopic (exact) mass is 442 g/mol. The van der Waals surface area contributed by atoms with Gasteiger partial charge in [-0.05, 0) is 36.6 Å². The van der Waals surface area contributed by atoms with Crippen molar-refractivity contribution in [3.63, 3.8) is 0 Å². The third-order valence-electron chi connectivity index (χ3n) is 6.17. The number of nitro benzene ring substituents is 1. The van der Waals surface area contributed by atoms with Crippen LogP contribution in [0, 0.1) is 22.0 Å². The molecule has 2 saturated heterocycles. The second-order valence-electron chi connectivity index (χ2n) is 7.91. The minimum absolute atomic E-state index is 0.00248. The van der Waals surface area contributed by atoms with E-state index in [1.165, 1.54) is 12.1 Å². The fourth-order valence-corrected chi connectivity index (χ4v) is 4.66. The number of hydrazine groups is 1. The van der Waals surface area contributed by atoms with Crippen molar-refractivity contribution in [3.05, 3.63) is 63.7 Å². The van der Waals surface area contributed by atoms with Gasteiger partial charge in [0.1, 0.15) is 0 Å². The third kappa shape index (κ3) is 4.12. The molecule has 2 aliphatic heterocycles. The number of ether oxygens (including phenoxy) is 2. The fraction of sp³-hybridized carbons (Fsp3) is 0.409. The van der Waals surface area contributed by atoms with Crippen molar-refractivity contribution < 1.29 is 24.3 Å². The van der Waals surface area contributed by atoms with Crippen molar-refractivity contribution >= 4 is 11.7 Å². The van der Waals surface area contributed by atoms with Crippen LogP contribution >= 0.6 is 0 Å². The van der Waals surface area contributed by atoms with Gasteiger partial charge >= 0.3 is 5.97 Å². The van der Waals surface area contributed by atoms with Crippen molar-refractivity contribution in [1.82, 2.24) is 16.2 Å². The highest BCUT2D eigenvalue weighted by Crippen LogP contribution is 2.43. The minimum Gasteiger partial charge on any atom is -0.493 e. The van der Waals surface area contributed by atoms with Crippen LogP contribution in [0.1, 0.15) is 36.6 Å². The number of aliphatic carboxylic acids is 1. The van der Waals surface area contributed by atoms with Crippen molar-refractivity contribution in [3.8, 4) is 11.5 Å². The lowest BCUT2D eigenvalue weighted by atomic mass is 9.75. The van der Waals surface area contributed by atoms with Gasteiger partial charge < -0.3 is 14.6 Å². The van der Waals surface area contributed by atoms with E-state index in [1.807, 2.05) is 25.1 Å². The Morgan fingerprint density at radius 2 is 1.88 bits per heavy atom. The standard InChI is InChI=1S/C22H26N4O6/c1-3-32-17-9-6-13(10-18(17)31-2)16-11-15(22(27)28)19-20(24-25-21(19)23-16)12-4-7-14(8-5-12)26(29)30/h4-10,15-16,19-21,23-25H,3,11H2,1-2H3,(H,27,28). The number of nitrogens with zero attached hydrogens (tertiary/aromatic N) is 1. The first-order valence-corrected chi connectivity index (χ1v) is 10.5. The molecule has 2 fully saturated rings. The number of piperidine rings is 1. The van der Waals surface area contributed by atoms with Crippen molar-refractivity contribution in [2.45, 2.75) is 31.6 Å². The summed E-state index contributed by atoms with van der Waals surface area (Å²) in [5.41, 5.74) is 8.06. The van der Waals surface area contributed by atoms with Crippen LogP contribution in [-0.4, -0.2) is 35.9 Å². The van der Waals surface area contributed by atoms with E-state index in [4.69, 9.17) is 9.47 Å². The summed E-state index contributed by atoms with van der Waals surface area (Å²) in [6, 6.07) is 11.3. The number of carboxylic acids is 1. The van der Waals surface area contributed by atoms with Gasteiger partial charge in [-0.3, -0.25) is 20.2 Å². The van der Waals surface area contributed by atoms with Crippen LogP contribution in [0.15, 0.2) is 42.5 Å². The number of hydrogen-bond donors (Lipinski definition) is 4. The molecule has 0 aliphatic carbocycles. The maximum Gasteiger partial charge on any atom is 0.307 e. The summed E-state index contributed by atoms with van der Waals surface area (Å²) < 4.78 is 11.0. The molecular weight excluding hydrogens is 416 g/mol. The number of benzene rings is 2. The molecule has 2 aromatic carbocycles. The van der Waals surface area contributed by atoms with Crippen molar-refractivity contribution in [2.24, 2.45) is 11.8 Å². The highest BCUT2D eigenvalue weighted by atomic mass is 16.6. The zero-order valence-electron chi connectivity index (χ0n) is 17.8. The molecule has 170 valence electrons. The number of hydrogen-bond acceptors (Lipinski definition) is 8. The molecule has 0 bridgehead atoms. The van der Waals surface area contributed by atoms with Gasteiger partial charge in [0.2, 0.25) is 0 Å². The van der Waals surface area contributed by atoms with E-state index in [0.717, 1.165) is 11.1 Å². The Morgan fingerprint density at radius 3 is 2.50 bits per heavy atom. The Kier molecular flexibility index (Phi) is 6.26. The predicted molar refractivity (Wildman–Crippen MR) is 115 cm³/mol. The van der Waals surface area contributed by atoms with Crippen LogP contribution in [0.2, 0.25) is 0 Å². The van der Waals surface area contributed by atoms with Gasteiger partial charge in [0.25, 0.3) is 5.69 Å². The zero-order chi connectivity index (χ0) is 22.8. The molecule has 0 spiro atoms. The van der Waals surface area contributed by atoms with Crippen molar-refractivity contribution in [1.29, 1.82) is 0 Å². The Morgan fingerprint density at radius 1 is 1.16 bits per heavy atom. The lowest BCUT2D eigenvalue weighted by Gasteiger charge is -2.39. The quantitative estimate of drug-likeness (QED) is 0.377. The smallest absolute Gasteiger partial charge is 0.307 e. The summed E-state index contributed by atoms with van der Waals surface area (Å²) in [6.45, 7) is 2.41. The molecular formula is C22H26N4O6. The molecule has 2 aliphatic rings. The summed E-state index contributed by atoms with van der Waals surface area (Å²) in [7, 11) is 1.57. The number of rotatable bonds is 7.